The van der Waals surface area contributed by atoms with E-state index in [1.165, 1.54) is 28.6 Å². The topological polar surface area (TPSA) is 37.4 Å². The molecule has 0 amide bonds. The average Bonchev–Trinajstić information content (AvgIpc) is 2.29. The van der Waals surface area contributed by atoms with Crippen LogP contribution in [-0.2, 0) is 10.0 Å². The second kappa shape index (κ2) is 6.12. The summed E-state index contributed by atoms with van der Waals surface area (Å²) in [6, 6.07) is 5.50. The van der Waals surface area contributed by atoms with E-state index < -0.39 is 15.8 Å². The summed E-state index contributed by atoms with van der Waals surface area (Å²) in [4.78, 5) is -0.234. The molecule has 0 heterocycles. The number of hydrogen-bond donors (Lipinski definition) is 0. The molecule has 1 aromatic rings. The van der Waals surface area contributed by atoms with Gasteiger partial charge in [-0.15, -0.1) is 0 Å². The van der Waals surface area contributed by atoms with Crippen LogP contribution in [0.2, 0.25) is 0 Å². The van der Waals surface area contributed by atoms with Gasteiger partial charge in [-0.1, -0.05) is 26.0 Å². The maximum absolute atomic E-state index is 13.5. The lowest BCUT2D eigenvalue weighted by molar-refractivity contribution is 0.406. The molecule has 17 heavy (non-hydrogen) atoms. The van der Waals surface area contributed by atoms with Crippen LogP contribution in [0.15, 0.2) is 29.2 Å². The Morgan fingerprint density at radius 2 is 1.65 bits per heavy atom. The van der Waals surface area contributed by atoms with Crippen molar-refractivity contribution in [2.45, 2.75) is 31.6 Å². The highest BCUT2D eigenvalue weighted by atomic mass is 32.2. The summed E-state index contributed by atoms with van der Waals surface area (Å²) < 4.78 is 39.3. The van der Waals surface area contributed by atoms with Crippen molar-refractivity contribution < 1.29 is 12.8 Å². The molecule has 0 radical (unpaired) electrons. The van der Waals surface area contributed by atoms with Gasteiger partial charge in [0.05, 0.1) is 0 Å². The summed E-state index contributed by atoms with van der Waals surface area (Å²) in [5.74, 6) is -0.690. The number of rotatable bonds is 6. The molecule has 0 atom stereocenters. The van der Waals surface area contributed by atoms with E-state index in [1.807, 2.05) is 13.8 Å². The average molecular weight is 259 g/mol. The van der Waals surface area contributed by atoms with Crippen LogP contribution in [0.1, 0.15) is 26.7 Å². The molecule has 3 nitrogen and oxygen atoms in total. The van der Waals surface area contributed by atoms with Gasteiger partial charge < -0.3 is 0 Å². The molecule has 0 N–H and O–H groups in total. The Balaban J connectivity index is 3.12. The SMILES string of the molecule is CCCN(CCC)S(=O)(=O)c1ccccc1F. The van der Waals surface area contributed by atoms with Crippen molar-refractivity contribution in [2.24, 2.45) is 0 Å². The quantitative estimate of drug-likeness (QED) is 0.787. The first kappa shape index (κ1) is 14.1. The number of hydrogen-bond acceptors (Lipinski definition) is 2. The van der Waals surface area contributed by atoms with Crippen molar-refractivity contribution in [2.75, 3.05) is 13.1 Å². The maximum atomic E-state index is 13.5. The van der Waals surface area contributed by atoms with Crippen LogP contribution in [0.25, 0.3) is 0 Å². The lowest BCUT2D eigenvalue weighted by Gasteiger charge is -2.21. The summed E-state index contributed by atoms with van der Waals surface area (Å²) in [6.45, 7) is 4.65. The molecule has 0 spiro atoms. The minimum atomic E-state index is -3.70. The van der Waals surface area contributed by atoms with E-state index >= 15 is 0 Å². The first-order valence-electron chi connectivity index (χ1n) is 5.78. The van der Waals surface area contributed by atoms with Gasteiger partial charge in [0, 0.05) is 13.1 Å². The Kier molecular flexibility index (Phi) is 5.08. The second-order valence-corrected chi connectivity index (χ2v) is 5.74. The van der Waals surface area contributed by atoms with Gasteiger partial charge in [0.15, 0.2) is 0 Å². The molecule has 96 valence electrons. The molecule has 0 aromatic heterocycles. The van der Waals surface area contributed by atoms with Gasteiger partial charge >= 0.3 is 0 Å². The number of sulfonamides is 1. The number of nitrogens with zero attached hydrogens (tertiary/aromatic N) is 1. The lowest BCUT2D eigenvalue weighted by atomic mass is 10.3. The van der Waals surface area contributed by atoms with E-state index in [0.717, 1.165) is 0 Å². The molecule has 1 aromatic carbocycles. The Morgan fingerprint density at radius 1 is 1.12 bits per heavy atom. The van der Waals surface area contributed by atoms with Crippen molar-refractivity contribution in [3.8, 4) is 0 Å². The van der Waals surface area contributed by atoms with Crippen LogP contribution in [0.3, 0.4) is 0 Å². The third kappa shape index (κ3) is 3.26. The molecule has 0 aliphatic rings. The van der Waals surface area contributed by atoms with Crippen LogP contribution >= 0.6 is 0 Å². The predicted molar refractivity (Wildman–Crippen MR) is 65.7 cm³/mol. The highest BCUT2D eigenvalue weighted by Crippen LogP contribution is 2.19. The van der Waals surface area contributed by atoms with Gasteiger partial charge in [0.25, 0.3) is 0 Å². The molecule has 0 aliphatic heterocycles. The Hall–Kier alpha value is -0.940. The molecular weight excluding hydrogens is 241 g/mol. The third-order valence-corrected chi connectivity index (χ3v) is 4.33. The standard InChI is InChI=1S/C12H18FNO2S/c1-3-9-14(10-4-2)17(15,16)12-8-6-5-7-11(12)13/h5-8H,3-4,9-10H2,1-2H3. The fraction of sp³-hybridized carbons (Fsp3) is 0.500. The Labute approximate surface area is 102 Å². The molecule has 0 aliphatic carbocycles. The van der Waals surface area contributed by atoms with Gasteiger partial charge in [-0.2, -0.15) is 4.31 Å². The fourth-order valence-corrected chi connectivity index (χ4v) is 3.33. The highest BCUT2D eigenvalue weighted by Gasteiger charge is 2.25. The van der Waals surface area contributed by atoms with Gasteiger partial charge in [0.1, 0.15) is 10.7 Å². The van der Waals surface area contributed by atoms with Gasteiger partial charge in [-0.05, 0) is 25.0 Å². The lowest BCUT2D eigenvalue weighted by Crippen LogP contribution is -2.33. The first-order chi connectivity index (χ1) is 8.04. The molecule has 5 heteroatoms. The zero-order valence-corrected chi connectivity index (χ0v) is 11.0. The van der Waals surface area contributed by atoms with E-state index in [2.05, 4.69) is 0 Å². The molecule has 0 fully saturated rings. The maximum Gasteiger partial charge on any atom is 0.245 e. The van der Waals surface area contributed by atoms with Crippen molar-refractivity contribution >= 4 is 10.0 Å². The predicted octanol–water partition coefficient (Wildman–Crippen LogP) is 2.64. The summed E-state index contributed by atoms with van der Waals surface area (Å²) in [5, 5.41) is 0. The molecule has 1 rings (SSSR count). The zero-order valence-electron chi connectivity index (χ0n) is 10.2. The summed E-state index contributed by atoms with van der Waals surface area (Å²) in [6.07, 6.45) is 1.43. The van der Waals surface area contributed by atoms with Gasteiger partial charge in [0.2, 0.25) is 10.0 Å². The monoisotopic (exact) mass is 259 g/mol. The molecule has 0 bridgehead atoms. The van der Waals surface area contributed by atoms with Crippen molar-refractivity contribution in [1.29, 1.82) is 0 Å². The van der Waals surface area contributed by atoms with Gasteiger partial charge in [-0.25, -0.2) is 12.8 Å². The van der Waals surface area contributed by atoms with Crippen LogP contribution in [0, 0.1) is 5.82 Å². The van der Waals surface area contributed by atoms with Crippen molar-refractivity contribution in [3.63, 3.8) is 0 Å². The number of benzene rings is 1. The van der Waals surface area contributed by atoms with E-state index in [9.17, 15) is 12.8 Å². The molecule has 0 saturated carbocycles. The van der Waals surface area contributed by atoms with Crippen LogP contribution in [0.4, 0.5) is 4.39 Å². The van der Waals surface area contributed by atoms with Crippen molar-refractivity contribution in [3.05, 3.63) is 30.1 Å². The second-order valence-electron chi connectivity index (χ2n) is 3.83. The van der Waals surface area contributed by atoms with E-state index in [1.54, 1.807) is 0 Å². The minimum absolute atomic E-state index is 0.234. The third-order valence-electron chi connectivity index (χ3n) is 2.40. The van der Waals surface area contributed by atoms with E-state index in [0.29, 0.717) is 25.9 Å². The summed E-state index contributed by atoms with van der Waals surface area (Å²) in [5.41, 5.74) is 0. The smallest absolute Gasteiger partial charge is 0.207 e. The summed E-state index contributed by atoms with van der Waals surface area (Å²) in [7, 11) is -3.70. The highest BCUT2D eigenvalue weighted by molar-refractivity contribution is 7.89. The van der Waals surface area contributed by atoms with Crippen LogP contribution in [-0.4, -0.2) is 25.8 Å². The minimum Gasteiger partial charge on any atom is -0.207 e. The van der Waals surface area contributed by atoms with Crippen molar-refractivity contribution in [1.82, 2.24) is 4.31 Å². The zero-order chi connectivity index (χ0) is 12.9. The summed E-state index contributed by atoms with van der Waals surface area (Å²) >= 11 is 0. The van der Waals surface area contributed by atoms with E-state index in [4.69, 9.17) is 0 Å². The molecule has 0 unspecified atom stereocenters. The number of halogens is 1. The van der Waals surface area contributed by atoms with E-state index in [-0.39, 0.29) is 4.90 Å². The Bertz CT molecular complexity index is 453. The largest absolute Gasteiger partial charge is 0.245 e. The normalized spacial score (nSPS) is 12.0. The van der Waals surface area contributed by atoms with Crippen LogP contribution in [0.5, 0.6) is 0 Å². The fourth-order valence-electron chi connectivity index (χ4n) is 1.64. The van der Waals surface area contributed by atoms with Crippen LogP contribution < -0.4 is 0 Å². The van der Waals surface area contributed by atoms with Gasteiger partial charge in [-0.3, -0.25) is 0 Å². The Morgan fingerprint density at radius 3 is 2.12 bits per heavy atom. The molecule has 0 saturated heterocycles. The first-order valence-corrected chi connectivity index (χ1v) is 7.22. The molecular formula is C12H18FNO2S.